The van der Waals surface area contributed by atoms with E-state index in [0.29, 0.717) is 5.89 Å². The van der Waals surface area contributed by atoms with Crippen LogP contribution >= 0.6 is 0 Å². The van der Waals surface area contributed by atoms with E-state index in [-0.39, 0.29) is 0 Å². The summed E-state index contributed by atoms with van der Waals surface area (Å²) in [5.41, 5.74) is 11.1. The molecule has 0 saturated heterocycles. The van der Waals surface area contributed by atoms with Gasteiger partial charge in [-0.05, 0) is 88.6 Å². The predicted molar refractivity (Wildman–Crippen MR) is 212 cm³/mol. The van der Waals surface area contributed by atoms with Gasteiger partial charge in [0.15, 0.2) is 5.58 Å². The second-order valence-electron chi connectivity index (χ2n) is 13.1. The minimum absolute atomic E-state index is 0.573. The van der Waals surface area contributed by atoms with Crippen LogP contribution in [0.3, 0.4) is 0 Å². The van der Waals surface area contributed by atoms with Crippen molar-refractivity contribution in [2.75, 3.05) is 4.90 Å². The Morgan fingerprint density at radius 2 is 1.08 bits per heavy atom. The monoisotopic (exact) mass is 668 g/mol. The van der Waals surface area contributed by atoms with Crippen LogP contribution < -0.4 is 4.90 Å². The zero-order valence-corrected chi connectivity index (χ0v) is 27.8. The molecule has 11 aromatic rings. The molecule has 0 radical (unpaired) electrons. The van der Waals surface area contributed by atoms with Gasteiger partial charge in [-0.15, -0.1) is 0 Å². The van der Waals surface area contributed by atoms with Crippen molar-refractivity contribution in [1.82, 2.24) is 4.98 Å². The van der Waals surface area contributed by atoms with Gasteiger partial charge in [-0.25, -0.2) is 4.98 Å². The fraction of sp³-hybridized carbons (Fsp3) is 0. The molecule has 0 aliphatic carbocycles. The second kappa shape index (κ2) is 11.2. The number of rotatable bonds is 5. The maximum absolute atomic E-state index is 6.63. The zero-order chi connectivity index (χ0) is 34.2. The van der Waals surface area contributed by atoms with E-state index < -0.39 is 0 Å². The largest absolute Gasteiger partial charge is 0.456 e. The van der Waals surface area contributed by atoms with Crippen molar-refractivity contribution >= 4 is 82.8 Å². The van der Waals surface area contributed by atoms with Gasteiger partial charge in [0.1, 0.15) is 27.8 Å². The van der Waals surface area contributed by atoms with Gasteiger partial charge in [0.05, 0.1) is 11.1 Å². The molecule has 0 aliphatic heterocycles. The summed E-state index contributed by atoms with van der Waals surface area (Å²) < 4.78 is 19.2. The third-order valence-electron chi connectivity index (χ3n) is 10.1. The molecule has 0 spiro atoms. The lowest BCUT2D eigenvalue weighted by Crippen LogP contribution is -2.10. The van der Waals surface area contributed by atoms with Crippen molar-refractivity contribution < 1.29 is 13.3 Å². The highest BCUT2D eigenvalue weighted by Crippen LogP contribution is 2.46. The van der Waals surface area contributed by atoms with Gasteiger partial charge in [-0.3, -0.25) is 0 Å². The number of hydrogen-bond acceptors (Lipinski definition) is 5. The number of furan rings is 2. The highest BCUT2D eigenvalue weighted by Gasteiger charge is 2.22. The van der Waals surface area contributed by atoms with Gasteiger partial charge in [0, 0.05) is 39.2 Å². The molecule has 0 fully saturated rings. The number of benzene rings is 8. The molecule has 52 heavy (non-hydrogen) atoms. The summed E-state index contributed by atoms with van der Waals surface area (Å²) in [7, 11) is 0. The highest BCUT2D eigenvalue weighted by atomic mass is 16.4. The molecule has 5 heteroatoms. The first-order valence-electron chi connectivity index (χ1n) is 17.4. The normalized spacial score (nSPS) is 11.8. The molecule has 0 aliphatic rings. The minimum atomic E-state index is 0.573. The molecular weight excluding hydrogens is 641 g/mol. The van der Waals surface area contributed by atoms with Crippen molar-refractivity contribution in [3.05, 3.63) is 170 Å². The summed E-state index contributed by atoms with van der Waals surface area (Å²) in [6.45, 7) is 0. The first kappa shape index (κ1) is 28.7. The molecule has 3 aromatic heterocycles. The molecule has 0 atom stereocenters. The lowest BCUT2D eigenvalue weighted by atomic mass is 9.97. The van der Waals surface area contributed by atoms with E-state index in [1.165, 1.54) is 21.9 Å². The van der Waals surface area contributed by atoms with E-state index in [1.54, 1.807) is 0 Å². The molecule has 0 unspecified atom stereocenters. The van der Waals surface area contributed by atoms with Gasteiger partial charge in [0.25, 0.3) is 0 Å². The average molecular weight is 669 g/mol. The van der Waals surface area contributed by atoms with Gasteiger partial charge < -0.3 is 18.2 Å². The minimum Gasteiger partial charge on any atom is -0.456 e. The maximum atomic E-state index is 6.63. The second-order valence-corrected chi connectivity index (χ2v) is 13.1. The summed E-state index contributed by atoms with van der Waals surface area (Å²) in [6, 6.07) is 58.7. The summed E-state index contributed by atoms with van der Waals surface area (Å²) in [5, 5.41) is 6.44. The summed E-state index contributed by atoms with van der Waals surface area (Å²) in [6.07, 6.45) is 0. The molecule has 0 bridgehead atoms. The Labute approximate surface area is 297 Å². The van der Waals surface area contributed by atoms with Crippen LogP contribution in [0.2, 0.25) is 0 Å². The third kappa shape index (κ3) is 4.39. The Hall–Kier alpha value is -7.11. The molecule has 0 amide bonds. The molecule has 5 nitrogen and oxygen atoms in total. The van der Waals surface area contributed by atoms with Crippen LogP contribution in [0.15, 0.2) is 183 Å². The van der Waals surface area contributed by atoms with Crippen LogP contribution in [-0.4, -0.2) is 4.98 Å². The van der Waals surface area contributed by atoms with Gasteiger partial charge in [-0.1, -0.05) is 97.1 Å². The number of oxazole rings is 1. The molecule has 0 N–H and O–H groups in total. The van der Waals surface area contributed by atoms with Crippen LogP contribution in [0.1, 0.15) is 0 Å². The Kier molecular flexibility index (Phi) is 6.18. The van der Waals surface area contributed by atoms with Crippen LogP contribution in [0.4, 0.5) is 17.1 Å². The molecule has 244 valence electrons. The van der Waals surface area contributed by atoms with Gasteiger partial charge >= 0.3 is 0 Å². The van der Waals surface area contributed by atoms with E-state index >= 15 is 0 Å². The van der Waals surface area contributed by atoms with E-state index in [2.05, 4.69) is 114 Å². The summed E-state index contributed by atoms with van der Waals surface area (Å²) in [5.74, 6) is 0.573. The number of para-hydroxylation sites is 3. The molecular formula is C47H28N2O3. The van der Waals surface area contributed by atoms with Gasteiger partial charge in [-0.2, -0.15) is 0 Å². The number of aromatic nitrogens is 1. The standard InChI is InChI=1S/C47H28N2O3/c1-2-11-29(12-3-1)33-15-8-13-30-23-24-31(27-37(30)33)49(39-18-10-22-43-46(39)34-14-4-6-19-40(34)50-43)32-25-26-35-44(28-32)51-42-21-9-16-36(45(35)42)47-48-38-17-5-7-20-41(38)52-47/h1-28H. The van der Waals surface area contributed by atoms with Crippen molar-refractivity contribution in [2.45, 2.75) is 0 Å². The average Bonchev–Trinajstić information content (AvgIpc) is 3.91. The number of hydrogen-bond donors (Lipinski definition) is 0. The fourth-order valence-corrected chi connectivity index (χ4v) is 7.76. The van der Waals surface area contributed by atoms with Gasteiger partial charge in [0.2, 0.25) is 5.89 Å². The van der Waals surface area contributed by atoms with Crippen molar-refractivity contribution in [3.8, 4) is 22.6 Å². The Bertz CT molecular complexity index is 3120. The topological polar surface area (TPSA) is 55.6 Å². The molecule has 3 heterocycles. The third-order valence-corrected chi connectivity index (χ3v) is 10.1. The maximum Gasteiger partial charge on any atom is 0.228 e. The first-order valence-corrected chi connectivity index (χ1v) is 17.4. The lowest BCUT2D eigenvalue weighted by Gasteiger charge is -2.27. The van der Waals surface area contributed by atoms with Crippen LogP contribution in [-0.2, 0) is 0 Å². The first-order chi connectivity index (χ1) is 25.8. The Balaban J connectivity index is 1.16. The SMILES string of the molecule is c1ccc(-c2cccc3ccc(N(c4ccc5c(c4)oc4cccc(-c6nc7ccccc7o6)c45)c4cccc5oc6ccccc6c45)cc23)cc1. The van der Waals surface area contributed by atoms with Crippen LogP contribution in [0, 0.1) is 0 Å². The summed E-state index contributed by atoms with van der Waals surface area (Å²) in [4.78, 5) is 7.14. The van der Waals surface area contributed by atoms with Crippen molar-refractivity contribution in [1.29, 1.82) is 0 Å². The zero-order valence-electron chi connectivity index (χ0n) is 27.8. The smallest absolute Gasteiger partial charge is 0.228 e. The quantitative estimate of drug-likeness (QED) is 0.183. The fourth-order valence-electron chi connectivity index (χ4n) is 7.76. The van der Waals surface area contributed by atoms with Crippen molar-refractivity contribution in [3.63, 3.8) is 0 Å². The highest BCUT2D eigenvalue weighted by molar-refractivity contribution is 6.15. The molecule has 8 aromatic carbocycles. The Morgan fingerprint density at radius 3 is 1.98 bits per heavy atom. The van der Waals surface area contributed by atoms with E-state index in [0.717, 1.165) is 77.6 Å². The summed E-state index contributed by atoms with van der Waals surface area (Å²) >= 11 is 0. The number of fused-ring (bicyclic) bond motifs is 8. The predicted octanol–water partition coefficient (Wildman–Crippen LogP) is 13.6. The lowest BCUT2D eigenvalue weighted by molar-refractivity contribution is 0.620. The van der Waals surface area contributed by atoms with E-state index in [9.17, 15) is 0 Å². The van der Waals surface area contributed by atoms with Crippen LogP contribution in [0.25, 0.3) is 88.3 Å². The van der Waals surface area contributed by atoms with E-state index in [4.69, 9.17) is 18.2 Å². The number of nitrogens with zero attached hydrogens (tertiary/aromatic N) is 2. The number of anilines is 3. The Morgan fingerprint density at radius 1 is 0.404 bits per heavy atom. The van der Waals surface area contributed by atoms with Crippen LogP contribution in [0.5, 0.6) is 0 Å². The molecule has 11 rings (SSSR count). The molecule has 0 saturated carbocycles. The van der Waals surface area contributed by atoms with E-state index in [1.807, 2.05) is 60.7 Å². The van der Waals surface area contributed by atoms with Crippen molar-refractivity contribution in [2.24, 2.45) is 0 Å².